The molecule has 2 rings (SSSR count). The first-order chi connectivity index (χ1) is 23.8. The fourth-order valence-electron chi connectivity index (χ4n) is 7.29. The van der Waals surface area contributed by atoms with Gasteiger partial charge in [0.2, 0.25) is 0 Å². The molecule has 2 heterocycles. The zero-order valence-electron chi connectivity index (χ0n) is 32.4. The van der Waals surface area contributed by atoms with Crippen LogP contribution in [0, 0.1) is 0 Å². The van der Waals surface area contributed by atoms with Crippen molar-refractivity contribution in [2.24, 2.45) is 0 Å². The second-order valence-electron chi connectivity index (χ2n) is 15.2. The van der Waals surface area contributed by atoms with Crippen LogP contribution in [0.15, 0.2) is 36.7 Å². The number of rotatable bonds is 35. The first-order valence-electron chi connectivity index (χ1n) is 21.7. The number of pyridine rings is 2. The fraction of sp³-hybridized carbons (Fsp3) is 0.783. The van der Waals surface area contributed by atoms with Crippen molar-refractivity contribution in [2.45, 2.75) is 232 Å². The van der Waals surface area contributed by atoms with E-state index >= 15 is 0 Å². The van der Waals surface area contributed by atoms with Gasteiger partial charge in [0, 0.05) is 12.4 Å². The molecule has 0 aromatic carbocycles. The van der Waals surface area contributed by atoms with Gasteiger partial charge in [-0.05, 0) is 61.1 Å². The third kappa shape index (κ3) is 24.4. The van der Waals surface area contributed by atoms with Crippen LogP contribution >= 0.6 is 0 Å². The molecule has 2 nitrogen and oxygen atoms in total. The monoisotopic (exact) mass is 661 g/mol. The van der Waals surface area contributed by atoms with Gasteiger partial charge in [0.05, 0.1) is 11.4 Å². The molecule has 0 aliphatic carbocycles. The molecule has 0 bridgehead atoms. The summed E-state index contributed by atoms with van der Waals surface area (Å²) in [5, 5.41) is 0. The Morgan fingerprint density at radius 2 is 0.542 bits per heavy atom. The first kappa shape index (κ1) is 42.5. The summed E-state index contributed by atoms with van der Waals surface area (Å²) < 4.78 is 0. The molecule has 0 saturated carbocycles. The van der Waals surface area contributed by atoms with E-state index in [0.717, 1.165) is 24.2 Å². The van der Waals surface area contributed by atoms with Crippen molar-refractivity contribution in [1.82, 2.24) is 9.97 Å². The van der Waals surface area contributed by atoms with Crippen molar-refractivity contribution in [1.29, 1.82) is 0 Å². The summed E-state index contributed by atoms with van der Waals surface area (Å²) in [4.78, 5) is 9.38. The summed E-state index contributed by atoms with van der Waals surface area (Å²) in [5.74, 6) is 0. The average molecular weight is 661 g/mol. The van der Waals surface area contributed by atoms with Gasteiger partial charge in [-0.2, -0.15) is 0 Å². The van der Waals surface area contributed by atoms with Crippen LogP contribution in [0.5, 0.6) is 0 Å². The van der Waals surface area contributed by atoms with Crippen molar-refractivity contribution in [2.75, 3.05) is 0 Å². The zero-order valence-corrected chi connectivity index (χ0v) is 32.4. The van der Waals surface area contributed by atoms with Crippen molar-refractivity contribution < 1.29 is 0 Å². The minimum atomic E-state index is 1.04. The minimum Gasteiger partial charge on any atom is -0.255 e. The maximum atomic E-state index is 4.69. The number of aryl methyl sites for hydroxylation is 2. The molecular weight excluding hydrogens is 581 g/mol. The van der Waals surface area contributed by atoms with Gasteiger partial charge < -0.3 is 0 Å². The lowest BCUT2D eigenvalue weighted by Crippen LogP contribution is -1.94. The summed E-state index contributed by atoms with van der Waals surface area (Å²) in [6.07, 6.45) is 51.8. The van der Waals surface area contributed by atoms with E-state index in [4.69, 9.17) is 9.97 Å². The molecule has 2 aromatic heterocycles. The van der Waals surface area contributed by atoms with E-state index in [1.54, 1.807) is 0 Å². The van der Waals surface area contributed by atoms with Crippen molar-refractivity contribution >= 4 is 0 Å². The van der Waals surface area contributed by atoms with Gasteiger partial charge in [-0.3, -0.25) is 9.97 Å². The molecule has 48 heavy (non-hydrogen) atoms. The molecule has 2 heteroatoms. The van der Waals surface area contributed by atoms with Crippen LogP contribution in [0.3, 0.4) is 0 Å². The van der Waals surface area contributed by atoms with E-state index in [1.807, 2.05) is 12.4 Å². The van der Waals surface area contributed by atoms with Crippen molar-refractivity contribution in [3.8, 4) is 11.4 Å². The van der Waals surface area contributed by atoms with E-state index < -0.39 is 0 Å². The van der Waals surface area contributed by atoms with E-state index in [2.05, 4.69) is 38.1 Å². The Bertz CT molecular complexity index is 875. The Hall–Kier alpha value is -1.70. The van der Waals surface area contributed by atoms with Gasteiger partial charge in [0.25, 0.3) is 0 Å². The molecule has 0 amide bonds. The summed E-state index contributed by atoms with van der Waals surface area (Å²) in [6.45, 7) is 4.61. The van der Waals surface area contributed by atoms with Crippen LogP contribution in [0.2, 0.25) is 0 Å². The summed E-state index contributed by atoms with van der Waals surface area (Å²) in [6, 6.07) is 8.97. The van der Waals surface area contributed by atoms with Gasteiger partial charge in [-0.15, -0.1) is 0 Å². The second-order valence-corrected chi connectivity index (χ2v) is 15.2. The highest BCUT2D eigenvalue weighted by atomic mass is 14.8. The fourth-order valence-corrected chi connectivity index (χ4v) is 7.29. The van der Waals surface area contributed by atoms with Crippen LogP contribution in [0.1, 0.15) is 230 Å². The second kappa shape index (κ2) is 32.5. The number of unbranched alkanes of at least 4 members (excludes halogenated alkanes) is 30. The largest absolute Gasteiger partial charge is 0.255 e. The quantitative estimate of drug-likeness (QED) is 0.0688. The van der Waals surface area contributed by atoms with Gasteiger partial charge in [-0.25, -0.2) is 0 Å². The molecular formula is C46H80N2. The SMILES string of the molecule is CCCCCCCCCCCCCCCCCCc1ccnc(-c2cc(CCCCCCCCCCCCCCCCCC)ccn2)c1. The summed E-state index contributed by atoms with van der Waals surface area (Å²) in [7, 11) is 0. The zero-order chi connectivity index (χ0) is 34.0. The summed E-state index contributed by atoms with van der Waals surface area (Å²) >= 11 is 0. The smallest absolute Gasteiger partial charge is 0.0888 e. The molecule has 0 atom stereocenters. The summed E-state index contributed by atoms with van der Waals surface area (Å²) in [5.41, 5.74) is 4.90. The highest BCUT2D eigenvalue weighted by Crippen LogP contribution is 2.21. The van der Waals surface area contributed by atoms with Crippen LogP contribution < -0.4 is 0 Å². The van der Waals surface area contributed by atoms with Crippen LogP contribution in [-0.4, -0.2) is 9.97 Å². The Kier molecular flexibility index (Phi) is 28.8. The van der Waals surface area contributed by atoms with E-state index in [9.17, 15) is 0 Å². The lowest BCUT2D eigenvalue weighted by molar-refractivity contribution is 0.529. The number of hydrogen-bond donors (Lipinski definition) is 0. The standard InChI is InChI=1S/C46H80N2/c1-3-5-7-9-11-13-15-17-19-21-23-25-27-29-31-33-35-43-37-39-47-45(41-43)46-42-44(38-40-48-46)36-34-32-30-28-26-24-22-20-18-16-14-12-10-8-6-4-2/h37-42H,3-36H2,1-2H3. The third-order valence-corrected chi connectivity index (χ3v) is 10.5. The first-order valence-corrected chi connectivity index (χ1v) is 21.7. The molecule has 0 aliphatic heterocycles. The molecule has 0 fully saturated rings. The Morgan fingerprint density at radius 1 is 0.312 bits per heavy atom. The molecule has 0 aliphatic rings. The number of aromatic nitrogens is 2. The Labute approximate surface area is 300 Å². The van der Waals surface area contributed by atoms with Crippen LogP contribution in [0.4, 0.5) is 0 Å². The predicted octanol–water partition coefficient (Wildman–Crippen LogP) is 15.8. The Morgan fingerprint density at radius 3 is 0.792 bits per heavy atom. The Balaban J connectivity index is 1.45. The van der Waals surface area contributed by atoms with Gasteiger partial charge in [0.1, 0.15) is 0 Å². The number of nitrogens with zero attached hydrogens (tertiary/aromatic N) is 2. The minimum absolute atomic E-state index is 1.04. The molecule has 0 N–H and O–H groups in total. The molecule has 0 spiro atoms. The predicted molar refractivity (Wildman–Crippen MR) is 214 cm³/mol. The van der Waals surface area contributed by atoms with Crippen LogP contribution in [-0.2, 0) is 12.8 Å². The van der Waals surface area contributed by atoms with E-state index in [0.29, 0.717) is 0 Å². The maximum Gasteiger partial charge on any atom is 0.0888 e. The van der Waals surface area contributed by atoms with Crippen LogP contribution in [0.25, 0.3) is 11.4 Å². The van der Waals surface area contributed by atoms with E-state index in [1.165, 1.54) is 217 Å². The lowest BCUT2D eigenvalue weighted by Gasteiger charge is -2.07. The highest BCUT2D eigenvalue weighted by Gasteiger charge is 2.05. The lowest BCUT2D eigenvalue weighted by atomic mass is 10.0. The van der Waals surface area contributed by atoms with Gasteiger partial charge in [-0.1, -0.05) is 206 Å². The van der Waals surface area contributed by atoms with Gasteiger partial charge in [0.15, 0.2) is 0 Å². The average Bonchev–Trinajstić information content (AvgIpc) is 3.11. The van der Waals surface area contributed by atoms with Crippen molar-refractivity contribution in [3.05, 3.63) is 47.8 Å². The molecule has 0 saturated heterocycles. The molecule has 0 radical (unpaired) electrons. The van der Waals surface area contributed by atoms with Gasteiger partial charge >= 0.3 is 0 Å². The van der Waals surface area contributed by atoms with E-state index in [-0.39, 0.29) is 0 Å². The topological polar surface area (TPSA) is 25.8 Å². The highest BCUT2D eigenvalue weighted by molar-refractivity contribution is 5.55. The maximum absolute atomic E-state index is 4.69. The molecule has 2 aromatic rings. The van der Waals surface area contributed by atoms with Crippen molar-refractivity contribution in [3.63, 3.8) is 0 Å². The molecule has 274 valence electrons. The normalized spacial score (nSPS) is 11.5. The third-order valence-electron chi connectivity index (χ3n) is 10.5. The number of hydrogen-bond acceptors (Lipinski definition) is 2. The molecule has 0 unspecified atom stereocenters.